The molecular formula is C23H17BrCl2N2O3S. The van der Waals surface area contributed by atoms with Crippen LogP contribution in [0.1, 0.15) is 31.0 Å². The Bertz CT molecular complexity index is 1420. The lowest BCUT2D eigenvalue weighted by Gasteiger charge is -2.24. The van der Waals surface area contributed by atoms with Crippen LogP contribution in [-0.2, 0) is 9.53 Å². The molecule has 3 aromatic rings. The van der Waals surface area contributed by atoms with Gasteiger partial charge in [-0.3, -0.25) is 9.36 Å². The van der Waals surface area contributed by atoms with Crippen LogP contribution >= 0.6 is 50.5 Å². The molecule has 0 fully saturated rings. The molecule has 1 aromatic heterocycles. The van der Waals surface area contributed by atoms with Crippen LogP contribution in [0.3, 0.4) is 0 Å². The number of ether oxygens (including phenoxy) is 1. The Kier molecular flexibility index (Phi) is 6.72. The Morgan fingerprint density at radius 2 is 1.97 bits per heavy atom. The Hall–Kier alpha value is -2.19. The normalized spacial score (nSPS) is 16.0. The molecule has 0 spiro atoms. The summed E-state index contributed by atoms with van der Waals surface area (Å²) in [6.45, 7) is 3.72. The molecule has 1 aliphatic rings. The zero-order chi connectivity index (χ0) is 23.0. The van der Waals surface area contributed by atoms with E-state index in [9.17, 15) is 9.59 Å². The van der Waals surface area contributed by atoms with Crippen molar-refractivity contribution in [3.8, 4) is 0 Å². The first kappa shape index (κ1) is 23.0. The Morgan fingerprint density at radius 3 is 2.66 bits per heavy atom. The molecule has 0 aliphatic carbocycles. The monoisotopic (exact) mass is 550 g/mol. The van der Waals surface area contributed by atoms with Crippen LogP contribution < -0.4 is 14.9 Å². The van der Waals surface area contributed by atoms with E-state index >= 15 is 0 Å². The summed E-state index contributed by atoms with van der Waals surface area (Å²) in [5.74, 6) is -0.492. The third kappa shape index (κ3) is 4.22. The number of nitrogens with zero attached hydrogens (tertiary/aromatic N) is 2. The molecule has 1 aliphatic heterocycles. The summed E-state index contributed by atoms with van der Waals surface area (Å²) >= 11 is 17.1. The number of halogens is 3. The molecule has 0 N–H and O–H groups in total. The van der Waals surface area contributed by atoms with Gasteiger partial charge >= 0.3 is 5.97 Å². The number of hydrogen-bond donors (Lipinski definition) is 0. The topological polar surface area (TPSA) is 60.7 Å². The zero-order valence-corrected chi connectivity index (χ0v) is 21.0. The van der Waals surface area contributed by atoms with Crippen molar-refractivity contribution in [1.29, 1.82) is 0 Å². The number of aromatic nitrogens is 1. The van der Waals surface area contributed by atoms with Gasteiger partial charge in [0.25, 0.3) is 5.56 Å². The summed E-state index contributed by atoms with van der Waals surface area (Å²) in [4.78, 5) is 31.4. The van der Waals surface area contributed by atoms with Crippen molar-refractivity contribution in [2.75, 3.05) is 6.61 Å². The van der Waals surface area contributed by atoms with Gasteiger partial charge in [0.15, 0.2) is 4.80 Å². The first-order valence-corrected chi connectivity index (χ1v) is 12.1. The molecule has 1 unspecified atom stereocenters. The summed E-state index contributed by atoms with van der Waals surface area (Å²) in [6, 6.07) is 12.1. The van der Waals surface area contributed by atoms with Crippen LogP contribution in [0.2, 0.25) is 10.0 Å². The Morgan fingerprint density at radius 1 is 1.25 bits per heavy atom. The minimum atomic E-state index is -0.657. The summed E-state index contributed by atoms with van der Waals surface area (Å²) in [5, 5.41) is 0.772. The maximum atomic E-state index is 13.5. The minimum Gasteiger partial charge on any atom is -0.463 e. The largest absolute Gasteiger partial charge is 0.463 e. The fourth-order valence-corrected chi connectivity index (χ4v) is 5.19. The van der Waals surface area contributed by atoms with E-state index in [4.69, 9.17) is 27.9 Å². The summed E-state index contributed by atoms with van der Waals surface area (Å²) in [5.41, 5.74) is 2.00. The summed E-state index contributed by atoms with van der Waals surface area (Å²) in [6.07, 6.45) is 1.69. The SMILES string of the molecule is CCOC(=O)C1=C(C)N=c2s/c(=C/c3cccc(Cl)c3Cl)c(=O)n2C1c1ccc(Br)cc1. The smallest absolute Gasteiger partial charge is 0.338 e. The van der Waals surface area contributed by atoms with Gasteiger partial charge in [0.1, 0.15) is 0 Å². The van der Waals surface area contributed by atoms with E-state index in [0.29, 0.717) is 36.2 Å². The van der Waals surface area contributed by atoms with Crippen molar-refractivity contribution < 1.29 is 9.53 Å². The van der Waals surface area contributed by atoms with E-state index in [1.807, 2.05) is 24.3 Å². The number of fused-ring (bicyclic) bond motifs is 1. The van der Waals surface area contributed by atoms with Crippen LogP contribution in [0.25, 0.3) is 6.08 Å². The fraction of sp³-hybridized carbons (Fsp3) is 0.174. The number of hydrogen-bond acceptors (Lipinski definition) is 5. The van der Waals surface area contributed by atoms with E-state index in [-0.39, 0.29) is 12.2 Å². The summed E-state index contributed by atoms with van der Waals surface area (Å²) < 4.78 is 8.16. The van der Waals surface area contributed by atoms with Crippen molar-refractivity contribution in [3.05, 3.63) is 99.1 Å². The zero-order valence-electron chi connectivity index (χ0n) is 17.1. The van der Waals surface area contributed by atoms with Crippen LogP contribution in [-0.4, -0.2) is 17.1 Å². The van der Waals surface area contributed by atoms with E-state index < -0.39 is 12.0 Å². The van der Waals surface area contributed by atoms with Crippen molar-refractivity contribution >= 4 is 62.5 Å². The molecular weight excluding hydrogens is 535 g/mol. The van der Waals surface area contributed by atoms with Crippen LogP contribution in [0.4, 0.5) is 0 Å². The molecule has 0 bridgehead atoms. The van der Waals surface area contributed by atoms with Gasteiger partial charge in [0, 0.05) is 4.47 Å². The number of esters is 1. The van der Waals surface area contributed by atoms with Gasteiger partial charge in [0.05, 0.1) is 38.5 Å². The third-order valence-electron chi connectivity index (χ3n) is 4.97. The van der Waals surface area contributed by atoms with Gasteiger partial charge in [0.2, 0.25) is 0 Å². The van der Waals surface area contributed by atoms with Crippen molar-refractivity contribution in [2.45, 2.75) is 19.9 Å². The van der Waals surface area contributed by atoms with Crippen LogP contribution in [0.15, 0.2) is 68.0 Å². The molecule has 5 nitrogen and oxygen atoms in total. The molecule has 32 heavy (non-hydrogen) atoms. The van der Waals surface area contributed by atoms with Crippen molar-refractivity contribution in [3.63, 3.8) is 0 Å². The van der Waals surface area contributed by atoms with Gasteiger partial charge in [-0.2, -0.15) is 0 Å². The molecule has 0 saturated carbocycles. The highest BCUT2D eigenvalue weighted by atomic mass is 79.9. The highest BCUT2D eigenvalue weighted by molar-refractivity contribution is 9.10. The van der Waals surface area contributed by atoms with Crippen LogP contribution in [0, 0.1) is 0 Å². The first-order valence-electron chi connectivity index (χ1n) is 9.71. The molecule has 0 radical (unpaired) electrons. The molecule has 0 saturated heterocycles. The van der Waals surface area contributed by atoms with E-state index in [1.54, 1.807) is 38.1 Å². The van der Waals surface area contributed by atoms with E-state index in [1.165, 1.54) is 15.9 Å². The molecule has 4 rings (SSSR count). The quantitative estimate of drug-likeness (QED) is 0.435. The average molecular weight is 552 g/mol. The van der Waals surface area contributed by atoms with Gasteiger partial charge in [-0.05, 0) is 49.2 Å². The third-order valence-corrected chi connectivity index (χ3v) is 7.32. The van der Waals surface area contributed by atoms with Gasteiger partial charge < -0.3 is 4.74 Å². The number of benzene rings is 2. The molecule has 9 heteroatoms. The first-order chi connectivity index (χ1) is 15.3. The summed E-state index contributed by atoms with van der Waals surface area (Å²) in [7, 11) is 0. The second-order valence-corrected chi connectivity index (χ2v) is 9.71. The predicted molar refractivity (Wildman–Crippen MR) is 131 cm³/mol. The second kappa shape index (κ2) is 9.35. The number of rotatable bonds is 4. The second-order valence-electron chi connectivity index (χ2n) is 7.00. The predicted octanol–water partition coefficient (Wildman–Crippen LogP) is 4.87. The molecule has 2 heterocycles. The minimum absolute atomic E-state index is 0.223. The lowest BCUT2D eigenvalue weighted by molar-refractivity contribution is -0.139. The maximum absolute atomic E-state index is 13.5. The van der Waals surface area contributed by atoms with Crippen molar-refractivity contribution in [1.82, 2.24) is 4.57 Å². The molecule has 2 aromatic carbocycles. The maximum Gasteiger partial charge on any atom is 0.338 e. The molecule has 0 amide bonds. The van der Waals surface area contributed by atoms with Crippen LogP contribution in [0.5, 0.6) is 0 Å². The Labute approximate surface area is 206 Å². The lowest BCUT2D eigenvalue weighted by Crippen LogP contribution is -2.39. The van der Waals surface area contributed by atoms with E-state index in [0.717, 1.165) is 10.0 Å². The average Bonchev–Trinajstić information content (AvgIpc) is 3.06. The van der Waals surface area contributed by atoms with Crippen molar-refractivity contribution in [2.24, 2.45) is 4.99 Å². The standard InChI is InChI=1S/C23H17BrCl2N2O3S/c1-3-31-22(30)18-12(2)27-23-28(20(18)13-7-9-15(24)10-8-13)21(29)17(32-23)11-14-5-4-6-16(25)19(14)26/h4-11,20H,3H2,1-2H3/b17-11+. The number of thiazole rings is 1. The lowest BCUT2D eigenvalue weighted by atomic mass is 9.96. The van der Waals surface area contributed by atoms with Gasteiger partial charge in [-0.15, -0.1) is 0 Å². The van der Waals surface area contributed by atoms with Gasteiger partial charge in [-0.1, -0.05) is 74.7 Å². The number of allylic oxidation sites excluding steroid dienone is 1. The molecule has 164 valence electrons. The number of carbonyl (C=O) groups excluding carboxylic acids is 1. The van der Waals surface area contributed by atoms with E-state index in [2.05, 4.69) is 20.9 Å². The Balaban J connectivity index is 1.98. The highest BCUT2D eigenvalue weighted by Gasteiger charge is 2.33. The fourth-order valence-electron chi connectivity index (χ4n) is 3.53. The highest BCUT2D eigenvalue weighted by Crippen LogP contribution is 2.31. The van der Waals surface area contributed by atoms with Gasteiger partial charge in [-0.25, -0.2) is 9.79 Å². The number of carbonyl (C=O) groups is 1. The molecule has 1 atom stereocenters.